The van der Waals surface area contributed by atoms with Gasteiger partial charge in [-0.05, 0) is 25.0 Å². The molecule has 3 N–H and O–H groups in total. The predicted octanol–water partition coefficient (Wildman–Crippen LogP) is 3.22. The Bertz CT molecular complexity index is 455. The molecule has 1 aromatic rings. The van der Waals surface area contributed by atoms with Crippen molar-refractivity contribution in [2.45, 2.75) is 26.2 Å². The molecule has 0 spiro atoms. The first-order valence-corrected chi connectivity index (χ1v) is 7.08. The minimum atomic E-state index is -1.01. The Hall–Kier alpha value is -1.27. The highest BCUT2D eigenvalue weighted by Gasteiger charge is 2.14. The zero-order valence-corrected chi connectivity index (χ0v) is 12.4. The summed E-state index contributed by atoms with van der Waals surface area (Å²) in [6.07, 6.45) is 2.85. The van der Waals surface area contributed by atoms with Gasteiger partial charge in [-0.2, -0.15) is 0 Å². The van der Waals surface area contributed by atoms with E-state index in [-0.39, 0.29) is 16.2 Å². The number of ether oxygens (including phenoxy) is 1. The predicted molar refractivity (Wildman–Crippen MR) is 81.1 cm³/mol. The van der Waals surface area contributed by atoms with Crippen LogP contribution in [-0.2, 0) is 4.74 Å². The number of unbranched alkanes of at least 4 members (excludes halogenated alkanes) is 1. The molecule has 0 aliphatic heterocycles. The lowest BCUT2D eigenvalue weighted by atomic mass is 10.1. The second kappa shape index (κ2) is 8.81. The van der Waals surface area contributed by atoms with E-state index >= 15 is 0 Å². The SMILES string of the molecule is CCCCOCCCNc1ccc(C(N)=S)c(F)c1F. The van der Waals surface area contributed by atoms with E-state index in [0.717, 1.165) is 25.9 Å². The Morgan fingerprint density at radius 3 is 2.60 bits per heavy atom. The van der Waals surface area contributed by atoms with Crippen LogP contribution in [0.1, 0.15) is 31.7 Å². The van der Waals surface area contributed by atoms with Gasteiger partial charge in [0.1, 0.15) is 4.99 Å². The van der Waals surface area contributed by atoms with Gasteiger partial charge in [0.25, 0.3) is 0 Å². The molecule has 0 aromatic heterocycles. The fraction of sp³-hybridized carbons (Fsp3) is 0.500. The van der Waals surface area contributed by atoms with Gasteiger partial charge < -0.3 is 15.8 Å². The van der Waals surface area contributed by atoms with E-state index in [9.17, 15) is 8.78 Å². The summed E-state index contributed by atoms with van der Waals surface area (Å²) in [5, 5.41) is 2.83. The number of halogens is 2. The van der Waals surface area contributed by atoms with E-state index in [0.29, 0.717) is 13.2 Å². The standard InChI is InChI=1S/C14H20F2N2OS/c1-2-3-8-19-9-4-7-18-11-6-5-10(14(17)20)12(15)13(11)16/h5-6,18H,2-4,7-9H2,1H3,(H2,17,20). The van der Waals surface area contributed by atoms with E-state index in [4.69, 9.17) is 10.5 Å². The third-order valence-electron chi connectivity index (χ3n) is 2.77. The van der Waals surface area contributed by atoms with Crippen LogP contribution >= 0.6 is 12.2 Å². The number of anilines is 1. The molecule has 0 atom stereocenters. The molecule has 20 heavy (non-hydrogen) atoms. The molecule has 0 aliphatic rings. The maximum atomic E-state index is 13.7. The molecule has 0 fully saturated rings. The van der Waals surface area contributed by atoms with Crippen molar-refractivity contribution in [1.29, 1.82) is 0 Å². The first-order chi connectivity index (χ1) is 9.57. The summed E-state index contributed by atoms with van der Waals surface area (Å²) in [5.74, 6) is -1.97. The number of hydrogen-bond acceptors (Lipinski definition) is 3. The molecule has 1 rings (SSSR count). The molecule has 0 radical (unpaired) electrons. The van der Waals surface area contributed by atoms with E-state index < -0.39 is 11.6 Å². The number of hydrogen-bond donors (Lipinski definition) is 2. The Labute approximate surface area is 123 Å². The number of nitrogens with two attached hydrogens (primary N) is 1. The molecule has 0 heterocycles. The molecule has 0 aliphatic carbocycles. The van der Waals surface area contributed by atoms with Gasteiger partial charge in [-0.15, -0.1) is 0 Å². The van der Waals surface area contributed by atoms with Crippen molar-refractivity contribution in [2.75, 3.05) is 25.1 Å². The second-order valence-electron chi connectivity index (χ2n) is 4.40. The second-order valence-corrected chi connectivity index (χ2v) is 4.84. The molecule has 112 valence electrons. The summed E-state index contributed by atoms with van der Waals surface area (Å²) in [6, 6.07) is 2.81. The molecule has 0 saturated heterocycles. The van der Waals surface area contributed by atoms with Gasteiger partial charge in [-0.25, -0.2) is 8.78 Å². The van der Waals surface area contributed by atoms with Crippen LogP contribution in [0.4, 0.5) is 14.5 Å². The lowest BCUT2D eigenvalue weighted by molar-refractivity contribution is 0.131. The average molecular weight is 302 g/mol. The largest absolute Gasteiger partial charge is 0.389 e. The quantitative estimate of drug-likeness (QED) is 0.543. The third kappa shape index (κ3) is 5.02. The van der Waals surface area contributed by atoms with Gasteiger partial charge in [-0.3, -0.25) is 0 Å². The molecule has 3 nitrogen and oxygen atoms in total. The number of benzene rings is 1. The van der Waals surface area contributed by atoms with Crippen molar-refractivity contribution in [3.8, 4) is 0 Å². The van der Waals surface area contributed by atoms with Crippen molar-refractivity contribution in [3.05, 3.63) is 29.3 Å². The highest BCUT2D eigenvalue weighted by Crippen LogP contribution is 2.20. The number of rotatable bonds is 9. The third-order valence-corrected chi connectivity index (χ3v) is 2.99. The molecular formula is C14H20F2N2OS. The van der Waals surface area contributed by atoms with Gasteiger partial charge in [-0.1, -0.05) is 25.6 Å². The maximum Gasteiger partial charge on any atom is 0.182 e. The van der Waals surface area contributed by atoms with Crippen molar-refractivity contribution < 1.29 is 13.5 Å². The fourth-order valence-electron chi connectivity index (χ4n) is 1.62. The van der Waals surface area contributed by atoms with Crippen LogP contribution in [0.3, 0.4) is 0 Å². The summed E-state index contributed by atoms with van der Waals surface area (Å²) >= 11 is 4.64. The van der Waals surface area contributed by atoms with Crippen LogP contribution in [0.15, 0.2) is 12.1 Å². The van der Waals surface area contributed by atoms with Crippen LogP contribution in [0.2, 0.25) is 0 Å². The monoisotopic (exact) mass is 302 g/mol. The zero-order valence-electron chi connectivity index (χ0n) is 11.5. The van der Waals surface area contributed by atoms with Crippen molar-refractivity contribution in [2.24, 2.45) is 5.73 Å². The zero-order chi connectivity index (χ0) is 15.0. The Morgan fingerprint density at radius 1 is 1.25 bits per heavy atom. The first-order valence-electron chi connectivity index (χ1n) is 6.67. The van der Waals surface area contributed by atoms with Gasteiger partial charge >= 0.3 is 0 Å². The summed E-state index contributed by atoms with van der Waals surface area (Å²) in [6.45, 7) is 3.94. The lowest BCUT2D eigenvalue weighted by Gasteiger charge is -2.10. The van der Waals surface area contributed by atoms with Crippen molar-refractivity contribution in [1.82, 2.24) is 0 Å². The Balaban J connectivity index is 2.41. The van der Waals surface area contributed by atoms with Crippen LogP contribution < -0.4 is 11.1 Å². The molecule has 6 heteroatoms. The molecular weight excluding hydrogens is 282 g/mol. The minimum absolute atomic E-state index is 0.0778. The Morgan fingerprint density at radius 2 is 1.95 bits per heavy atom. The molecule has 0 saturated carbocycles. The van der Waals surface area contributed by atoms with E-state index in [1.54, 1.807) is 0 Å². The summed E-state index contributed by atoms with van der Waals surface area (Å²) in [7, 11) is 0. The highest BCUT2D eigenvalue weighted by molar-refractivity contribution is 7.80. The highest BCUT2D eigenvalue weighted by atomic mass is 32.1. The normalized spacial score (nSPS) is 10.6. The summed E-state index contributed by atoms with van der Waals surface area (Å²) in [5.41, 5.74) is 5.33. The number of nitrogens with one attached hydrogen (secondary N) is 1. The smallest absolute Gasteiger partial charge is 0.182 e. The van der Waals surface area contributed by atoms with E-state index in [1.165, 1.54) is 12.1 Å². The Kier molecular flexibility index (Phi) is 7.40. The summed E-state index contributed by atoms with van der Waals surface area (Å²) < 4.78 is 32.7. The van der Waals surface area contributed by atoms with Crippen LogP contribution in [0, 0.1) is 11.6 Å². The van der Waals surface area contributed by atoms with Crippen molar-refractivity contribution in [3.63, 3.8) is 0 Å². The topological polar surface area (TPSA) is 47.3 Å². The van der Waals surface area contributed by atoms with E-state index in [1.807, 2.05) is 0 Å². The van der Waals surface area contributed by atoms with Gasteiger partial charge in [0.05, 0.1) is 5.69 Å². The van der Waals surface area contributed by atoms with Crippen molar-refractivity contribution >= 4 is 22.9 Å². The summed E-state index contributed by atoms with van der Waals surface area (Å²) in [4.78, 5) is -0.155. The van der Waals surface area contributed by atoms with Gasteiger partial charge in [0.2, 0.25) is 0 Å². The maximum absolute atomic E-state index is 13.7. The molecule has 0 amide bonds. The molecule has 0 bridgehead atoms. The molecule has 0 unspecified atom stereocenters. The van der Waals surface area contributed by atoms with Crippen LogP contribution in [0.5, 0.6) is 0 Å². The van der Waals surface area contributed by atoms with Crippen LogP contribution in [0.25, 0.3) is 0 Å². The lowest BCUT2D eigenvalue weighted by Crippen LogP contribution is -2.14. The average Bonchev–Trinajstić information content (AvgIpc) is 2.42. The van der Waals surface area contributed by atoms with Gasteiger partial charge in [0.15, 0.2) is 11.6 Å². The number of thiocarbonyl (C=S) groups is 1. The fourth-order valence-corrected chi connectivity index (χ4v) is 1.78. The minimum Gasteiger partial charge on any atom is -0.389 e. The first kappa shape index (κ1) is 16.8. The van der Waals surface area contributed by atoms with E-state index in [2.05, 4.69) is 24.5 Å². The van der Waals surface area contributed by atoms with Crippen LogP contribution in [-0.4, -0.2) is 24.7 Å². The van der Waals surface area contributed by atoms with Gasteiger partial charge in [0, 0.05) is 25.3 Å². The molecule has 1 aromatic carbocycles.